The van der Waals surface area contributed by atoms with E-state index in [2.05, 4.69) is 10.3 Å². The van der Waals surface area contributed by atoms with E-state index in [9.17, 15) is 9.59 Å². The van der Waals surface area contributed by atoms with Crippen LogP contribution in [0.25, 0.3) is 0 Å². The second-order valence-corrected chi connectivity index (χ2v) is 5.91. The van der Waals surface area contributed by atoms with E-state index in [1.54, 1.807) is 11.1 Å². The predicted octanol–water partition coefficient (Wildman–Crippen LogP) is 2.24. The van der Waals surface area contributed by atoms with Gasteiger partial charge in [0.1, 0.15) is 5.01 Å². The summed E-state index contributed by atoms with van der Waals surface area (Å²) >= 11 is 1.49. The fourth-order valence-corrected chi connectivity index (χ4v) is 3.11. The van der Waals surface area contributed by atoms with Crippen LogP contribution in [0.15, 0.2) is 11.6 Å². The number of carbonyl (C=O) groups excluding carboxylic acids is 1. The first-order valence-electron chi connectivity index (χ1n) is 6.76. The molecule has 0 aromatic carbocycles. The van der Waals surface area contributed by atoms with E-state index in [1.807, 2.05) is 12.3 Å². The van der Waals surface area contributed by atoms with E-state index in [0.717, 1.165) is 24.3 Å². The van der Waals surface area contributed by atoms with Crippen molar-refractivity contribution in [2.45, 2.75) is 44.7 Å². The van der Waals surface area contributed by atoms with Gasteiger partial charge in [-0.05, 0) is 26.2 Å². The molecule has 1 saturated heterocycles. The van der Waals surface area contributed by atoms with Crippen molar-refractivity contribution >= 4 is 23.3 Å². The molecule has 2 heterocycles. The number of rotatable bonds is 4. The van der Waals surface area contributed by atoms with Gasteiger partial charge in [-0.25, -0.2) is 9.78 Å². The number of urea groups is 1. The first-order valence-corrected chi connectivity index (χ1v) is 7.64. The summed E-state index contributed by atoms with van der Waals surface area (Å²) in [6.45, 7) is 2.50. The number of thiazole rings is 1. The van der Waals surface area contributed by atoms with Crippen molar-refractivity contribution in [2.24, 2.45) is 0 Å². The van der Waals surface area contributed by atoms with Crippen LogP contribution >= 0.6 is 11.3 Å². The summed E-state index contributed by atoms with van der Waals surface area (Å²) in [4.78, 5) is 29.0. The van der Waals surface area contributed by atoms with E-state index in [0.29, 0.717) is 6.54 Å². The van der Waals surface area contributed by atoms with Crippen LogP contribution in [0, 0.1) is 0 Å². The average molecular weight is 297 g/mol. The Hall–Kier alpha value is -1.63. The van der Waals surface area contributed by atoms with Crippen LogP contribution in [0.3, 0.4) is 0 Å². The summed E-state index contributed by atoms with van der Waals surface area (Å²) in [7, 11) is 0. The maximum absolute atomic E-state index is 12.3. The zero-order valence-corrected chi connectivity index (χ0v) is 12.2. The molecule has 2 rings (SSSR count). The molecule has 0 spiro atoms. The molecular formula is C13H19N3O3S. The molecule has 110 valence electrons. The highest BCUT2D eigenvalue weighted by Gasteiger charge is 2.29. The molecule has 0 bridgehead atoms. The standard InChI is InChI=1S/C13H19N3O3S/c1-9(12-14-5-7-20-12)15-13(19)16-6-3-2-4-10(16)8-11(17)18/h5,7,9-10H,2-4,6,8H2,1H3,(H,15,19)(H,17,18). The highest BCUT2D eigenvalue weighted by molar-refractivity contribution is 7.09. The lowest BCUT2D eigenvalue weighted by atomic mass is 10.00. The molecule has 1 fully saturated rings. The Morgan fingerprint density at radius 2 is 2.40 bits per heavy atom. The van der Waals surface area contributed by atoms with Gasteiger partial charge < -0.3 is 15.3 Å². The molecule has 1 aliphatic heterocycles. The normalized spacial score (nSPS) is 20.4. The number of piperidine rings is 1. The summed E-state index contributed by atoms with van der Waals surface area (Å²) in [5.74, 6) is -0.859. The molecule has 1 aromatic rings. The van der Waals surface area contributed by atoms with Gasteiger partial charge in [-0.2, -0.15) is 0 Å². The van der Waals surface area contributed by atoms with Gasteiger partial charge in [0.15, 0.2) is 0 Å². The molecule has 0 radical (unpaired) electrons. The van der Waals surface area contributed by atoms with Gasteiger partial charge in [0, 0.05) is 24.2 Å². The Balaban J connectivity index is 1.97. The number of carboxylic acid groups (broad SMARTS) is 1. The third kappa shape index (κ3) is 3.69. The first kappa shape index (κ1) is 14.8. The fraction of sp³-hybridized carbons (Fsp3) is 0.615. The van der Waals surface area contributed by atoms with Gasteiger partial charge in [0.25, 0.3) is 0 Å². The molecule has 0 aliphatic carbocycles. The largest absolute Gasteiger partial charge is 0.481 e. The van der Waals surface area contributed by atoms with Crippen LogP contribution < -0.4 is 5.32 Å². The number of nitrogens with zero attached hydrogens (tertiary/aromatic N) is 2. The maximum atomic E-state index is 12.3. The summed E-state index contributed by atoms with van der Waals surface area (Å²) in [6, 6.07) is -0.557. The van der Waals surface area contributed by atoms with Crippen LogP contribution in [0.1, 0.15) is 43.7 Å². The second-order valence-electron chi connectivity index (χ2n) is 4.98. The second kappa shape index (κ2) is 6.69. The van der Waals surface area contributed by atoms with Crippen molar-refractivity contribution < 1.29 is 14.7 Å². The van der Waals surface area contributed by atoms with Crippen molar-refractivity contribution in [3.63, 3.8) is 0 Å². The lowest BCUT2D eigenvalue weighted by molar-refractivity contribution is -0.138. The van der Waals surface area contributed by atoms with Gasteiger partial charge in [-0.1, -0.05) is 0 Å². The van der Waals surface area contributed by atoms with E-state index in [1.165, 1.54) is 11.3 Å². The molecule has 2 atom stereocenters. The van der Waals surface area contributed by atoms with E-state index in [4.69, 9.17) is 5.11 Å². The minimum Gasteiger partial charge on any atom is -0.481 e. The summed E-state index contributed by atoms with van der Waals surface area (Å²) in [5, 5.41) is 14.5. The Labute approximate surface area is 121 Å². The van der Waals surface area contributed by atoms with Crippen molar-refractivity contribution in [3.8, 4) is 0 Å². The fourth-order valence-electron chi connectivity index (χ4n) is 2.46. The van der Waals surface area contributed by atoms with Gasteiger partial charge >= 0.3 is 12.0 Å². The number of aliphatic carboxylic acids is 1. The SMILES string of the molecule is CC(NC(=O)N1CCCCC1CC(=O)O)c1nccs1. The zero-order valence-electron chi connectivity index (χ0n) is 11.4. The Bertz CT molecular complexity index is 463. The van der Waals surface area contributed by atoms with Gasteiger partial charge in [0.2, 0.25) is 0 Å². The molecule has 2 amide bonds. The van der Waals surface area contributed by atoms with Crippen molar-refractivity contribution in [3.05, 3.63) is 16.6 Å². The summed E-state index contributed by atoms with van der Waals surface area (Å²) in [6.07, 6.45) is 4.38. The number of likely N-dealkylation sites (tertiary alicyclic amines) is 1. The van der Waals surface area contributed by atoms with Crippen LogP contribution in [0.4, 0.5) is 4.79 Å². The molecule has 6 nitrogen and oxygen atoms in total. The zero-order chi connectivity index (χ0) is 14.5. The number of aromatic nitrogens is 1. The number of nitrogens with one attached hydrogen (secondary N) is 1. The monoisotopic (exact) mass is 297 g/mol. The number of carbonyl (C=O) groups is 2. The van der Waals surface area contributed by atoms with Crippen LogP contribution in [-0.2, 0) is 4.79 Å². The van der Waals surface area contributed by atoms with E-state index < -0.39 is 5.97 Å². The average Bonchev–Trinajstić information content (AvgIpc) is 2.92. The smallest absolute Gasteiger partial charge is 0.318 e. The Morgan fingerprint density at radius 1 is 1.60 bits per heavy atom. The van der Waals surface area contributed by atoms with E-state index >= 15 is 0 Å². The molecule has 2 N–H and O–H groups in total. The molecular weight excluding hydrogens is 278 g/mol. The number of amides is 2. The van der Waals surface area contributed by atoms with Crippen LogP contribution in [-0.4, -0.2) is 39.6 Å². The van der Waals surface area contributed by atoms with Crippen molar-refractivity contribution in [1.82, 2.24) is 15.2 Å². The van der Waals surface area contributed by atoms with Crippen LogP contribution in [0.2, 0.25) is 0 Å². The Kier molecular flexibility index (Phi) is 4.94. The quantitative estimate of drug-likeness (QED) is 0.893. The predicted molar refractivity (Wildman–Crippen MR) is 75.7 cm³/mol. The van der Waals surface area contributed by atoms with Crippen molar-refractivity contribution in [1.29, 1.82) is 0 Å². The topological polar surface area (TPSA) is 82.5 Å². The lowest BCUT2D eigenvalue weighted by Crippen LogP contribution is -2.49. The third-order valence-electron chi connectivity index (χ3n) is 3.46. The molecule has 0 saturated carbocycles. The Morgan fingerprint density at radius 3 is 3.05 bits per heavy atom. The minimum atomic E-state index is -0.859. The molecule has 7 heteroatoms. The highest BCUT2D eigenvalue weighted by Crippen LogP contribution is 2.21. The number of hydrogen-bond donors (Lipinski definition) is 2. The molecule has 2 unspecified atom stereocenters. The van der Waals surface area contributed by atoms with Gasteiger partial charge in [-0.3, -0.25) is 4.79 Å². The van der Waals surface area contributed by atoms with E-state index in [-0.39, 0.29) is 24.5 Å². The number of hydrogen-bond acceptors (Lipinski definition) is 4. The third-order valence-corrected chi connectivity index (χ3v) is 4.42. The van der Waals surface area contributed by atoms with Gasteiger partial charge in [-0.15, -0.1) is 11.3 Å². The molecule has 1 aromatic heterocycles. The first-order chi connectivity index (χ1) is 9.58. The molecule has 20 heavy (non-hydrogen) atoms. The lowest BCUT2D eigenvalue weighted by Gasteiger charge is -2.35. The van der Waals surface area contributed by atoms with Crippen molar-refractivity contribution in [2.75, 3.05) is 6.54 Å². The van der Waals surface area contributed by atoms with Gasteiger partial charge in [0.05, 0.1) is 12.5 Å². The number of carboxylic acids is 1. The minimum absolute atomic E-state index is 0.0129. The summed E-state index contributed by atoms with van der Waals surface area (Å²) in [5.41, 5.74) is 0. The highest BCUT2D eigenvalue weighted by atomic mass is 32.1. The van der Waals surface area contributed by atoms with Crippen LogP contribution in [0.5, 0.6) is 0 Å². The summed E-state index contributed by atoms with van der Waals surface area (Å²) < 4.78 is 0. The molecule has 1 aliphatic rings. The maximum Gasteiger partial charge on any atom is 0.318 e.